The molecule has 1 aromatic heterocycles. The standard InChI is InChI=1S/C19H19ClN4O/c1-2-23-9-10-24-17-8-7-15(11-16(17)22-18(24)12-23)21-19(25)13-3-5-14(20)6-4-13/h3-8,11H,2,9-10,12H2,1H3,(H,21,25). The van der Waals surface area contributed by atoms with E-state index in [0.29, 0.717) is 10.6 Å². The van der Waals surface area contributed by atoms with E-state index in [0.717, 1.165) is 48.7 Å². The number of halogens is 1. The molecule has 0 saturated carbocycles. The Kier molecular flexibility index (Phi) is 4.19. The fourth-order valence-corrected chi connectivity index (χ4v) is 3.35. The van der Waals surface area contributed by atoms with Crippen molar-refractivity contribution in [2.45, 2.75) is 20.0 Å². The van der Waals surface area contributed by atoms with E-state index < -0.39 is 0 Å². The second-order valence-corrected chi connectivity index (χ2v) is 6.65. The number of rotatable bonds is 3. The van der Waals surface area contributed by atoms with Gasteiger partial charge in [-0.3, -0.25) is 9.69 Å². The van der Waals surface area contributed by atoms with Crippen molar-refractivity contribution in [2.24, 2.45) is 0 Å². The zero-order valence-corrected chi connectivity index (χ0v) is 14.8. The van der Waals surface area contributed by atoms with Crippen molar-refractivity contribution in [3.05, 3.63) is 58.9 Å². The summed E-state index contributed by atoms with van der Waals surface area (Å²) in [6.45, 7) is 6.08. The highest BCUT2D eigenvalue weighted by Gasteiger charge is 2.19. The molecule has 1 aliphatic heterocycles. The molecule has 3 aromatic rings. The maximum atomic E-state index is 12.4. The van der Waals surface area contributed by atoms with Gasteiger partial charge in [-0.05, 0) is 49.0 Å². The number of hydrogen-bond donors (Lipinski definition) is 1. The summed E-state index contributed by atoms with van der Waals surface area (Å²) in [5.41, 5.74) is 3.36. The fraction of sp³-hybridized carbons (Fsp3) is 0.263. The van der Waals surface area contributed by atoms with Crippen LogP contribution in [-0.4, -0.2) is 33.4 Å². The predicted octanol–water partition coefficient (Wildman–Crippen LogP) is 3.78. The van der Waals surface area contributed by atoms with E-state index in [1.807, 2.05) is 18.2 Å². The van der Waals surface area contributed by atoms with Crippen LogP contribution in [0.2, 0.25) is 5.02 Å². The quantitative estimate of drug-likeness (QED) is 0.778. The number of hydrogen-bond acceptors (Lipinski definition) is 3. The number of fused-ring (bicyclic) bond motifs is 3. The molecule has 1 N–H and O–H groups in total. The molecule has 25 heavy (non-hydrogen) atoms. The minimum Gasteiger partial charge on any atom is -0.326 e. The molecule has 2 heterocycles. The smallest absolute Gasteiger partial charge is 0.255 e. The Hall–Kier alpha value is -2.37. The van der Waals surface area contributed by atoms with Gasteiger partial charge >= 0.3 is 0 Å². The number of nitrogens with zero attached hydrogens (tertiary/aromatic N) is 3. The van der Waals surface area contributed by atoms with E-state index in [1.165, 1.54) is 0 Å². The molecule has 5 nitrogen and oxygen atoms in total. The summed E-state index contributed by atoms with van der Waals surface area (Å²) in [4.78, 5) is 19.5. The first-order chi connectivity index (χ1) is 12.1. The Morgan fingerprint density at radius 1 is 1.20 bits per heavy atom. The van der Waals surface area contributed by atoms with Gasteiger partial charge in [0, 0.05) is 29.4 Å². The fourth-order valence-electron chi connectivity index (χ4n) is 3.22. The van der Waals surface area contributed by atoms with E-state index in [4.69, 9.17) is 16.6 Å². The second kappa shape index (κ2) is 6.50. The van der Waals surface area contributed by atoms with Gasteiger partial charge in [-0.25, -0.2) is 4.98 Å². The van der Waals surface area contributed by atoms with Crippen molar-refractivity contribution in [3.8, 4) is 0 Å². The summed E-state index contributed by atoms with van der Waals surface area (Å²) in [6.07, 6.45) is 0. The molecule has 0 spiro atoms. The minimum atomic E-state index is -0.155. The van der Waals surface area contributed by atoms with Gasteiger partial charge < -0.3 is 9.88 Å². The first-order valence-corrected chi connectivity index (χ1v) is 8.80. The van der Waals surface area contributed by atoms with Crippen molar-refractivity contribution < 1.29 is 4.79 Å². The molecule has 1 aliphatic rings. The molecule has 0 aliphatic carbocycles. The van der Waals surface area contributed by atoms with Gasteiger partial charge in [-0.15, -0.1) is 0 Å². The third-order valence-corrected chi connectivity index (χ3v) is 4.90. The molecule has 128 valence electrons. The average molecular weight is 355 g/mol. The van der Waals surface area contributed by atoms with Gasteiger partial charge in [-0.1, -0.05) is 18.5 Å². The molecule has 0 radical (unpaired) electrons. The van der Waals surface area contributed by atoms with Crippen LogP contribution in [0, 0.1) is 0 Å². The number of amides is 1. The van der Waals surface area contributed by atoms with Crippen LogP contribution in [0.4, 0.5) is 5.69 Å². The lowest BCUT2D eigenvalue weighted by molar-refractivity contribution is 0.102. The van der Waals surface area contributed by atoms with Gasteiger partial charge in [0.2, 0.25) is 0 Å². The summed E-state index contributed by atoms with van der Waals surface area (Å²) in [5, 5.41) is 3.54. The van der Waals surface area contributed by atoms with E-state index in [-0.39, 0.29) is 5.91 Å². The summed E-state index contributed by atoms with van der Waals surface area (Å²) in [5.74, 6) is 0.932. The molecule has 1 amide bonds. The number of nitrogens with one attached hydrogen (secondary N) is 1. The highest BCUT2D eigenvalue weighted by Crippen LogP contribution is 2.24. The molecule has 2 aromatic carbocycles. The van der Waals surface area contributed by atoms with Crippen LogP contribution >= 0.6 is 11.6 Å². The van der Waals surface area contributed by atoms with Crippen LogP contribution in [0.25, 0.3) is 11.0 Å². The molecule has 0 saturated heterocycles. The van der Waals surface area contributed by atoms with Crippen molar-refractivity contribution in [2.75, 3.05) is 18.4 Å². The molecule has 4 rings (SSSR count). The Morgan fingerprint density at radius 3 is 2.76 bits per heavy atom. The number of carbonyl (C=O) groups is 1. The van der Waals surface area contributed by atoms with Crippen molar-refractivity contribution in [1.82, 2.24) is 14.5 Å². The summed E-state index contributed by atoms with van der Waals surface area (Å²) in [7, 11) is 0. The third-order valence-electron chi connectivity index (χ3n) is 4.64. The number of anilines is 1. The number of imidazole rings is 1. The Bertz CT molecular complexity index is 932. The number of aromatic nitrogens is 2. The summed E-state index contributed by atoms with van der Waals surface area (Å²) < 4.78 is 2.27. The van der Waals surface area contributed by atoms with Gasteiger partial charge in [0.05, 0.1) is 17.6 Å². The zero-order valence-electron chi connectivity index (χ0n) is 14.0. The zero-order chi connectivity index (χ0) is 17.4. The van der Waals surface area contributed by atoms with E-state index >= 15 is 0 Å². The molecule has 0 fully saturated rings. The normalized spacial score (nSPS) is 14.5. The lowest BCUT2D eigenvalue weighted by Gasteiger charge is -2.26. The maximum absolute atomic E-state index is 12.4. The van der Waals surface area contributed by atoms with Crippen LogP contribution in [0.1, 0.15) is 23.1 Å². The van der Waals surface area contributed by atoms with Crippen LogP contribution in [0.3, 0.4) is 0 Å². The first-order valence-electron chi connectivity index (χ1n) is 8.42. The Morgan fingerprint density at radius 2 is 2.00 bits per heavy atom. The second-order valence-electron chi connectivity index (χ2n) is 6.21. The predicted molar refractivity (Wildman–Crippen MR) is 100 cm³/mol. The van der Waals surface area contributed by atoms with Gasteiger partial charge in [0.15, 0.2) is 0 Å². The third kappa shape index (κ3) is 3.13. The van der Waals surface area contributed by atoms with Crippen molar-refractivity contribution in [3.63, 3.8) is 0 Å². The average Bonchev–Trinajstić information content (AvgIpc) is 2.98. The highest BCUT2D eigenvalue weighted by atomic mass is 35.5. The van der Waals surface area contributed by atoms with Gasteiger partial charge in [0.1, 0.15) is 5.82 Å². The van der Waals surface area contributed by atoms with Gasteiger partial charge in [-0.2, -0.15) is 0 Å². The lowest BCUT2D eigenvalue weighted by Crippen LogP contribution is -2.33. The number of carbonyl (C=O) groups excluding carboxylic acids is 1. The van der Waals surface area contributed by atoms with Crippen LogP contribution in [-0.2, 0) is 13.1 Å². The largest absolute Gasteiger partial charge is 0.326 e. The molecule has 0 bridgehead atoms. The number of benzene rings is 2. The van der Waals surface area contributed by atoms with Crippen molar-refractivity contribution in [1.29, 1.82) is 0 Å². The molecular formula is C19H19ClN4O. The summed E-state index contributed by atoms with van der Waals surface area (Å²) in [6, 6.07) is 12.7. The van der Waals surface area contributed by atoms with Gasteiger partial charge in [0.25, 0.3) is 5.91 Å². The van der Waals surface area contributed by atoms with Crippen molar-refractivity contribution >= 4 is 34.2 Å². The van der Waals surface area contributed by atoms with Crippen LogP contribution in [0.5, 0.6) is 0 Å². The minimum absolute atomic E-state index is 0.155. The van der Waals surface area contributed by atoms with E-state index in [9.17, 15) is 4.79 Å². The molecular weight excluding hydrogens is 336 g/mol. The SMILES string of the molecule is CCN1CCn2c(nc3cc(NC(=O)c4ccc(Cl)cc4)ccc32)C1. The Labute approximate surface area is 151 Å². The molecule has 0 atom stereocenters. The van der Waals surface area contributed by atoms with Crippen LogP contribution < -0.4 is 5.32 Å². The lowest BCUT2D eigenvalue weighted by atomic mass is 10.2. The monoisotopic (exact) mass is 354 g/mol. The van der Waals surface area contributed by atoms with Crippen LogP contribution in [0.15, 0.2) is 42.5 Å². The Balaban J connectivity index is 1.59. The maximum Gasteiger partial charge on any atom is 0.255 e. The van der Waals surface area contributed by atoms with E-state index in [1.54, 1.807) is 24.3 Å². The molecule has 0 unspecified atom stereocenters. The number of likely N-dealkylation sites (N-methyl/N-ethyl adjacent to an activating group) is 1. The topological polar surface area (TPSA) is 50.2 Å². The molecule has 6 heteroatoms. The highest BCUT2D eigenvalue weighted by molar-refractivity contribution is 6.30. The first kappa shape index (κ1) is 16.1. The summed E-state index contributed by atoms with van der Waals surface area (Å²) >= 11 is 5.87. The van der Waals surface area contributed by atoms with E-state index in [2.05, 4.69) is 21.7 Å².